The van der Waals surface area contributed by atoms with E-state index in [0.29, 0.717) is 13.3 Å². The standard InChI is InChI=1S/C6H8N.I3/c1-7-5-3-2-4-6-7;1-3-2/h2-6H,1H3;/q+1;-1. The second-order valence-electron chi connectivity index (χ2n) is 1.59. The molecule has 58 valence electrons. The van der Waals surface area contributed by atoms with E-state index in [9.17, 15) is 0 Å². The zero-order valence-corrected chi connectivity index (χ0v) is 11.9. The number of halogens is 3. The van der Waals surface area contributed by atoms with Gasteiger partial charge in [0.1, 0.15) is 7.05 Å². The Balaban J connectivity index is 0.000000236. The third-order valence-electron chi connectivity index (χ3n) is 0.865. The second-order valence-corrected chi connectivity index (χ2v) is 17.8. The van der Waals surface area contributed by atoms with Crippen molar-refractivity contribution in [1.29, 1.82) is 0 Å². The molecular formula is C6H8I3N. The molecule has 0 amide bonds. The summed E-state index contributed by atoms with van der Waals surface area (Å²) in [5, 5.41) is 0. The number of aromatic nitrogens is 1. The van der Waals surface area contributed by atoms with Gasteiger partial charge >= 0.3 is 50.5 Å². The number of aryl methyl sites for hydroxylation is 1. The minimum atomic E-state index is 0.530. The molecule has 1 aromatic rings. The summed E-state index contributed by atoms with van der Waals surface area (Å²) >= 11 is 5.30. The van der Waals surface area contributed by atoms with Gasteiger partial charge in [0.25, 0.3) is 0 Å². The number of hydrogen-bond acceptors (Lipinski definition) is 0. The average molecular weight is 475 g/mol. The monoisotopic (exact) mass is 475 g/mol. The maximum atomic E-state index is 2.39. The van der Waals surface area contributed by atoms with E-state index < -0.39 is 0 Å². The number of rotatable bonds is 0. The van der Waals surface area contributed by atoms with Gasteiger partial charge in [-0.1, -0.05) is 6.07 Å². The molecule has 0 atom stereocenters. The summed E-state index contributed by atoms with van der Waals surface area (Å²) in [6, 6.07) is 6.00. The van der Waals surface area contributed by atoms with Crippen LogP contribution >= 0.6 is 37.2 Å². The number of nitrogens with zero attached hydrogens (tertiary/aromatic N) is 1. The second kappa shape index (κ2) is 8.44. The first-order chi connectivity index (χ1) is 4.81. The Kier molecular flexibility index (Phi) is 9.57. The van der Waals surface area contributed by atoms with Crippen LogP contribution in [0.2, 0.25) is 0 Å². The molecular weight excluding hydrogens is 467 g/mol. The van der Waals surface area contributed by atoms with E-state index >= 15 is 0 Å². The third-order valence-corrected chi connectivity index (χ3v) is 0.865. The van der Waals surface area contributed by atoms with Crippen molar-refractivity contribution in [2.75, 3.05) is 0 Å². The Bertz CT molecular complexity index is 154. The molecule has 0 unspecified atom stereocenters. The molecule has 0 aliphatic rings. The van der Waals surface area contributed by atoms with E-state index in [1.165, 1.54) is 0 Å². The molecule has 4 heteroatoms. The van der Waals surface area contributed by atoms with Gasteiger partial charge in [0.15, 0.2) is 12.4 Å². The van der Waals surface area contributed by atoms with Crippen LogP contribution < -0.4 is 17.8 Å². The predicted octanol–water partition coefficient (Wildman–Crippen LogP) is -0.714. The SMILES string of the molecule is C[n+]1ccccc1.I[I-]I. The molecule has 1 heterocycles. The molecule has 0 N–H and O–H groups in total. The first kappa shape index (κ1) is 11.3. The Morgan fingerprint density at radius 3 is 1.70 bits per heavy atom. The van der Waals surface area contributed by atoms with Crippen LogP contribution in [0.1, 0.15) is 0 Å². The zero-order chi connectivity index (χ0) is 7.82. The van der Waals surface area contributed by atoms with Crippen LogP contribution in [0.4, 0.5) is 0 Å². The molecule has 1 nitrogen and oxygen atoms in total. The average Bonchev–Trinajstić information content (AvgIpc) is 1.91. The van der Waals surface area contributed by atoms with Gasteiger partial charge in [-0.15, -0.1) is 0 Å². The summed E-state index contributed by atoms with van der Waals surface area (Å²) in [6.07, 6.45) is 4.00. The van der Waals surface area contributed by atoms with Gasteiger partial charge in [0.05, 0.1) is 0 Å². The van der Waals surface area contributed by atoms with Crippen LogP contribution in [-0.2, 0) is 7.05 Å². The fourth-order valence-electron chi connectivity index (χ4n) is 0.485. The van der Waals surface area contributed by atoms with Crippen LogP contribution in [0.3, 0.4) is 0 Å². The van der Waals surface area contributed by atoms with Crippen molar-refractivity contribution in [2.45, 2.75) is 0 Å². The molecule has 0 saturated heterocycles. The normalized spacial score (nSPS) is 8.30. The first-order valence-electron chi connectivity index (χ1n) is 2.58. The molecule has 0 radical (unpaired) electrons. The Hall–Kier alpha value is 1.34. The fourth-order valence-corrected chi connectivity index (χ4v) is 0.485. The van der Waals surface area contributed by atoms with Crippen molar-refractivity contribution in [3.63, 3.8) is 0 Å². The zero-order valence-electron chi connectivity index (χ0n) is 5.47. The molecule has 1 rings (SSSR count). The quantitative estimate of drug-likeness (QED) is 0.345. The van der Waals surface area contributed by atoms with E-state index in [4.69, 9.17) is 0 Å². The maximum absolute atomic E-state index is 2.39. The summed E-state index contributed by atoms with van der Waals surface area (Å²) < 4.78 is 2.00. The summed E-state index contributed by atoms with van der Waals surface area (Å²) in [4.78, 5) is 0. The van der Waals surface area contributed by atoms with Crippen LogP contribution in [-0.4, -0.2) is 0 Å². The predicted molar refractivity (Wildman–Crippen MR) is 55.7 cm³/mol. The van der Waals surface area contributed by atoms with E-state index in [-0.39, 0.29) is 0 Å². The Morgan fingerprint density at radius 1 is 1.10 bits per heavy atom. The van der Waals surface area contributed by atoms with Gasteiger partial charge in [-0.05, 0) is 0 Å². The Morgan fingerprint density at radius 2 is 1.50 bits per heavy atom. The van der Waals surface area contributed by atoms with Crippen molar-refractivity contribution in [2.24, 2.45) is 7.05 Å². The number of hydrogen-bond donors (Lipinski definition) is 0. The van der Waals surface area contributed by atoms with Gasteiger partial charge in [0, 0.05) is 12.1 Å². The molecule has 0 aliphatic heterocycles. The summed E-state index contributed by atoms with van der Waals surface area (Å²) in [6.45, 7) is 0. The van der Waals surface area contributed by atoms with Crippen LogP contribution in [0.15, 0.2) is 30.6 Å². The van der Waals surface area contributed by atoms with E-state index in [1.807, 2.05) is 42.2 Å². The van der Waals surface area contributed by atoms with Crippen molar-refractivity contribution in [1.82, 2.24) is 0 Å². The molecule has 0 fully saturated rings. The van der Waals surface area contributed by atoms with Gasteiger partial charge < -0.3 is 0 Å². The third kappa shape index (κ3) is 7.45. The van der Waals surface area contributed by atoms with Crippen molar-refractivity contribution in [3.05, 3.63) is 30.6 Å². The topological polar surface area (TPSA) is 3.88 Å². The molecule has 1 aromatic heterocycles. The van der Waals surface area contributed by atoms with Crippen LogP contribution in [0.25, 0.3) is 0 Å². The molecule has 0 aromatic carbocycles. The molecule has 10 heavy (non-hydrogen) atoms. The molecule has 0 saturated carbocycles. The van der Waals surface area contributed by atoms with E-state index in [0.717, 1.165) is 0 Å². The molecule has 0 bridgehead atoms. The van der Waals surface area contributed by atoms with Gasteiger partial charge in [-0.2, -0.15) is 0 Å². The van der Waals surface area contributed by atoms with Crippen molar-refractivity contribution < 1.29 is 17.8 Å². The van der Waals surface area contributed by atoms with Crippen LogP contribution in [0, 0.1) is 0 Å². The van der Waals surface area contributed by atoms with Gasteiger partial charge in [-0.25, -0.2) is 4.57 Å². The molecule has 0 spiro atoms. The Labute approximate surface area is 91.2 Å². The van der Waals surface area contributed by atoms with E-state index in [1.54, 1.807) is 0 Å². The van der Waals surface area contributed by atoms with Gasteiger partial charge in [0.2, 0.25) is 0 Å². The molecule has 0 aliphatic carbocycles. The fraction of sp³-hybridized carbons (Fsp3) is 0.167. The number of pyridine rings is 1. The summed E-state index contributed by atoms with van der Waals surface area (Å²) in [5.41, 5.74) is 0. The van der Waals surface area contributed by atoms with Crippen molar-refractivity contribution in [3.8, 4) is 0 Å². The summed E-state index contributed by atoms with van der Waals surface area (Å²) in [5.74, 6) is 0. The van der Waals surface area contributed by atoms with E-state index in [2.05, 4.69) is 37.2 Å². The first-order valence-corrected chi connectivity index (χ1v) is 15.2. The van der Waals surface area contributed by atoms with Gasteiger partial charge in [-0.3, -0.25) is 0 Å². The minimum absolute atomic E-state index is 0.530. The van der Waals surface area contributed by atoms with Crippen molar-refractivity contribution >= 4 is 37.2 Å². The summed E-state index contributed by atoms with van der Waals surface area (Å²) in [7, 11) is 2.00. The van der Waals surface area contributed by atoms with Crippen LogP contribution in [0.5, 0.6) is 0 Å².